The van der Waals surface area contributed by atoms with Gasteiger partial charge in [0.2, 0.25) is 0 Å². The first-order valence-electron chi connectivity index (χ1n) is 12.3. The summed E-state index contributed by atoms with van der Waals surface area (Å²) in [7, 11) is -0.504. The molecule has 0 aromatic heterocycles. The number of hydrogen-bond acceptors (Lipinski definition) is 6. The van der Waals surface area contributed by atoms with Crippen LogP contribution in [0.15, 0.2) is 30.3 Å². The van der Waals surface area contributed by atoms with Crippen molar-refractivity contribution >= 4 is 8.32 Å². The van der Waals surface area contributed by atoms with Gasteiger partial charge in [-0.25, -0.2) is 0 Å². The van der Waals surface area contributed by atoms with E-state index in [-0.39, 0.29) is 30.0 Å². The van der Waals surface area contributed by atoms with E-state index in [1.165, 1.54) is 7.11 Å². The van der Waals surface area contributed by atoms with Crippen LogP contribution in [0.5, 0.6) is 11.5 Å². The first kappa shape index (κ1) is 27.7. The SMILES string of the molecule is COc1cc(CC(O)c2ccc3c(c2)C(O[Si](C)(C)C(C)(C)C)CC(C)(C)O3)cc(CO)c1CO. The van der Waals surface area contributed by atoms with Gasteiger partial charge in [-0.1, -0.05) is 32.9 Å². The van der Waals surface area contributed by atoms with Crippen LogP contribution in [-0.2, 0) is 24.1 Å². The lowest BCUT2D eigenvalue weighted by atomic mass is 9.89. The van der Waals surface area contributed by atoms with Gasteiger partial charge in [0, 0.05) is 24.0 Å². The summed E-state index contributed by atoms with van der Waals surface area (Å²) in [6.45, 7) is 15.0. The highest BCUT2D eigenvalue weighted by atomic mass is 28.4. The number of benzene rings is 2. The number of aliphatic hydroxyl groups excluding tert-OH is 3. The van der Waals surface area contributed by atoms with Crippen molar-refractivity contribution < 1.29 is 29.2 Å². The van der Waals surface area contributed by atoms with Gasteiger partial charge in [0.05, 0.1) is 32.5 Å². The van der Waals surface area contributed by atoms with Crippen molar-refractivity contribution in [2.45, 2.75) is 96.6 Å². The Bertz CT molecular complexity index is 1020. The zero-order valence-electron chi connectivity index (χ0n) is 22.4. The summed E-state index contributed by atoms with van der Waals surface area (Å²) in [5.41, 5.74) is 3.40. The fraction of sp³-hybridized carbons (Fsp3) is 0.571. The number of hydrogen-bond donors (Lipinski definition) is 3. The molecule has 2 atom stereocenters. The van der Waals surface area contributed by atoms with Gasteiger partial charge in [0.1, 0.15) is 17.1 Å². The van der Waals surface area contributed by atoms with Crippen molar-refractivity contribution in [3.63, 3.8) is 0 Å². The smallest absolute Gasteiger partial charge is 0.192 e. The fourth-order valence-corrected chi connectivity index (χ4v) is 5.66. The van der Waals surface area contributed by atoms with Crippen LogP contribution in [0.25, 0.3) is 0 Å². The lowest BCUT2D eigenvalue weighted by Gasteiger charge is -2.44. The predicted molar refractivity (Wildman–Crippen MR) is 140 cm³/mol. The lowest BCUT2D eigenvalue weighted by Crippen LogP contribution is -2.45. The van der Waals surface area contributed by atoms with Crippen LogP contribution in [0.1, 0.15) is 81.1 Å². The minimum atomic E-state index is -2.04. The molecular formula is C28H42O6Si. The predicted octanol–water partition coefficient (Wildman–Crippen LogP) is 5.58. The summed E-state index contributed by atoms with van der Waals surface area (Å²) in [5.74, 6) is 1.31. The molecule has 3 rings (SSSR count). The first-order valence-corrected chi connectivity index (χ1v) is 15.2. The molecule has 0 bridgehead atoms. The molecule has 2 aromatic carbocycles. The largest absolute Gasteiger partial charge is 0.496 e. The molecule has 1 aliphatic heterocycles. The summed E-state index contributed by atoms with van der Waals surface area (Å²) in [5, 5.41) is 30.6. The molecular weight excluding hydrogens is 460 g/mol. The van der Waals surface area contributed by atoms with Crippen molar-refractivity contribution in [2.75, 3.05) is 7.11 Å². The number of fused-ring (bicyclic) bond motifs is 1. The quantitative estimate of drug-likeness (QED) is 0.409. The second kappa shape index (κ2) is 10.2. The molecule has 0 radical (unpaired) electrons. The number of rotatable bonds is 8. The van der Waals surface area contributed by atoms with Crippen molar-refractivity contribution in [3.05, 3.63) is 58.1 Å². The zero-order chi connectivity index (χ0) is 26.2. The summed E-state index contributed by atoms with van der Waals surface area (Å²) in [6, 6.07) is 9.47. The monoisotopic (exact) mass is 502 g/mol. The third-order valence-corrected chi connectivity index (χ3v) is 11.9. The molecule has 2 unspecified atom stereocenters. The van der Waals surface area contributed by atoms with E-state index in [2.05, 4.69) is 47.7 Å². The fourth-order valence-electron chi connectivity index (χ4n) is 4.38. The molecule has 0 spiro atoms. The second-order valence-electron chi connectivity index (χ2n) is 11.7. The third-order valence-electron chi connectivity index (χ3n) is 7.41. The topological polar surface area (TPSA) is 88.4 Å². The van der Waals surface area contributed by atoms with Gasteiger partial charge in [0.25, 0.3) is 0 Å². The van der Waals surface area contributed by atoms with E-state index in [0.29, 0.717) is 23.3 Å². The average molecular weight is 503 g/mol. The van der Waals surface area contributed by atoms with Gasteiger partial charge in [-0.3, -0.25) is 0 Å². The van der Waals surface area contributed by atoms with Crippen molar-refractivity contribution in [1.82, 2.24) is 0 Å². The van der Waals surface area contributed by atoms with E-state index >= 15 is 0 Å². The van der Waals surface area contributed by atoms with Crippen LogP contribution >= 0.6 is 0 Å². The highest BCUT2D eigenvalue weighted by Crippen LogP contribution is 2.47. The summed E-state index contributed by atoms with van der Waals surface area (Å²) < 4.78 is 18.5. The van der Waals surface area contributed by atoms with Crippen molar-refractivity contribution in [2.24, 2.45) is 0 Å². The average Bonchev–Trinajstić information content (AvgIpc) is 2.76. The first-order chi connectivity index (χ1) is 16.2. The molecule has 0 saturated carbocycles. The third kappa shape index (κ3) is 6.09. The molecule has 0 amide bonds. The summed E-state index contributed by atoms with van der Waals surface area (Å²) >= 11 is 0. The Morgan fingerprint density at radius 1 is 1.11 bits per heavy atom. The molecule has 0 fully saturated rings. The summed E-state index contributed by atoms with van der Waals surface area (Å²) in [6.07, 6.45) is 0.214. The second-order valence-corrected chi connectivity index (χ2v) is 16.5. The molecule has 1 heterocycles. The molecule has 0 saturated heterocycles. The van der Waals surface area contributed by atoms with Gasteiger partial charge in [-0.2, -0.15) is 0 Å². The number of methoxy groups -OCH3 is 1. The normalized spacial score (nSPS) is 18.5. The highest BCUT2D eigenvalue weighted by molar-refractivity contribution is 6.74. The molecule has 7 heteroatoms. The van der Waals surface area contributed by atoms with Gasteiger partial charge < -0.3 is 29.2 Å². The van der Waals surface area contributed by atoms with E-state index < -0.39 is 14.4 Å². The zero-order valence-corrected chi connectivity index (χ0v) is 23.4. The Labute approximate surface area is 211 Å². The minimum absolute atomic E-state index is 0.0803. The summed E-state index contributed by atoms with van der Waals surface area (Å²) in [4.78, 5) is 0. The molecule has 35 heavy (non-hydrogen) atoms. The molecule has 6 nitrogen and oxygen atoms in total. The van der Waals surface area contributed by atoms with Crippen LogP contribution in [0, 0.1) is 0 Å². The standard InChI is InChI=1S/C28H42O6Si/c1-27(2,3)35(7,8)34-26-15-28(4,5)33-24-10-9-19(14-21(24)26)23(31)12-18-11-20(16-29)22(17-30)25(13-18)32-6/h9-11,13-14,23,26,29-31H,12,15-17H2,1-8H3. The minimum Gasteiger partial charge on any atom is -0.496 e. The molecule has 194 valence electrons. The van der Waals surface area contributed by atoms with Gasteiger partial charge >= 0.3 is 0 Å². The number of aliphatic hydroxyl groups is 3. The van der Waals surface area contributed by atoms with Crippen LogP contribution in [-0.4, -0.2) is 36.3 Å². The van der Waals surface area contributed by atoms with E-state index in [1.807, 2.05) is 24.3 Å². The molecule has 1 aliphatic rings. The van der Waals surface area contributed by atoms with Crippen LogP contribution in [0.3, 0.4) is 0 Å². The van der Waals surface area contributed by atoms with E-state index in [1.54, 1.807) is 6.07 Å². The Hall–Kier alpha value is -1.90. The van der Waals surface area contributed by atoms with Crippen LogP contribution in [0.2, 0.25) is 18.1 Å². The molecule has 3 N–H and O–H groups in total. The highest BCUT2D eigenvalue weighted by Gasteiger charge is 2.43. The van der Waals surface area contributed by atoms with E-state index in [4.69, 9.17) is 13.9 Å². The van der Waals surface area contributed by atoms with Crippen molar-refractivity contribution in [3.8, 4) is 11.5 Å². The van der Waals surface area contributed by atoms with Gasteiger partial charge in [-0.05, 0) is 66.9 Å². The Morgan fingerprint density at radius 3 is 2.37 bits per heavy atom. The number of ether oxygens (including phenoxy) is 2. The maximum absolute atomic E-state index is 11.2. The van der Waals surface area contributed by atoms with E-state index in [9.17, 15) is 15.3 Å². The maximum atomic E-state index is 11.2. The van der Waals surface area contributed by atoms with Crippen LogP contribution < -0.4 is 9.47 Å². The van der Waals surface area contributed by atoms with Crippen molar-refractivity contribution in [1.29, 1.82) is 0 Å². The van der Waals surface area contributed by atoms with Gasteiger partial charge in [0.15, 0.2) is 8.32 Å². The maximum Gasteiger partial charge on any atom is 0.192 e. The Kier molecular flexibility index (Phi) is 8.09. The Morgan fingerprint density at radius 2 is 1.80 bits per heavy atom. The van der Waals surface area contributed by atoms with Gasteiger partial charge in [-0.15, -0.1) is 0 Å². The molecule has 2 aromatic rings. The molecule has 0 aliphatic carbocycles. The lowest BCUT2D eigenvalue weighted by molar-refractivity contribution is 0.0164. The van der Waals surface area contributed by atoms with E-state index in [0.717, 1.165) is 28.9 Å². The van der Waals surface area contributed by atoms with Crippen LogP contribution in [0.4, 0.5) is 0 Å². The Balaban J connectivity index is 1.93.